The number of hydrogen-bond acceptors (Lipinski definition) is 6. The van der Waals surface area contributed by atoms with E-state index in [1.54, 1.807) is 38.4 Å². The van der Waals surface area contributed by atoms with Crippen LogP contribution in [0.2, 0.25) is 0 Å². The Kier molecular flexibility index (Phi) is 4.28. The lowest BCUT2D eigenvalue weighted by Crippen LogP contribution is -2.57. The lowest BCUT2D eigenvalue weighted by atomic mass is 9.64. The fourth-order valence-electron chi connectivity index (χ4n) is 6.29. The zero-order chi connectivity index (χ0) is 23.7. The first-order chi connectivity index (χ1) is 16.4. The highest BCUT2D eigenvalue weighted by Crippen LogP contribution is 2.65. The fraction of sp³-hybridized carbons (Fsp3) is 0.269. The number of nitro groups is 1. The molecule has 1 N–H and O–H groups in total. The molecule has 1 spiro atoms. The van der Waals surface area contributed by atoms with Crippen molar-refractivity contribution in [3.63, 3.8) is 0 Å². The quantitative estimate of drug-likeness (QED) is 0.476. The van der Waals surface area contributed by atoms with Gasteiger partial charge in [0, 0.05) is 21.7 Å². The first-order valence-corrected chi connectivity index (χ1v) is 11.1. The van der Waals surface area contributed by atoms with E-state index >= 15 is 0 Å². The van der Waals surface area contributed by atoms with Crippen LogP contribution < -0.4 is 14.8 Å². The molecule has 1 amide bonds. The van der Waals surface area contributed by atoms with Crippen LogP contribution in [0.4, 0.5) is 5.69 Å². The molecule has 0 radical (unpaired) electrons. The maximum absolute atomic E-state index is 13.8. The lowest BCUT2D eigenvalue weighted by molar-refractivity contribution is -0.584. The van der Waals surface area contributed by atoms with Gasteiger partial charge in [-0.25, -0.2) is 0 Å². The highest BCUT2D eigenvalue weighted by atomic mass is 16.6. The third-order valence-electron chi connectivity index (χ3n) is 7.63. The molecule has 4 atom stereocenters. The van der Waals surface area contributed by atoms with Crippen molar-refractivity contribution in [3.8, 4) is 11.5 Å². The van der Waals surface area contributed by atoms with Gasteiger partial charge in [-0.1, -0.05) is 48.5 Å². The molecular weight excluding hydrogens is 434 g/mol. The Labute approximate surface area is 196 Å². The molecule has 1 fully saturated rings. The van der Waals surface area contributed by atoms with E-state index in [2.05, 4.69) is 5.32 Å². The number of carbonyl (C=O) groups is 1. The Morgan fingerprint density at radius 1 is 1.09 bits per heavy atom. The van der Waals surface area contributed by atoms with Gasteiger partial charge in [0.05, 0.1) is 19.6 Å². The van der Waals surface area contributed by atoms with Gasteiger partial charge in [0.2, 0.25) is 0 Å². The number of rotatable bonds is 3. The van der Waals surface area contributed by atoms with Crippen molar-refractivity contribution >= 4 is 11.6 Å². The Morgan fingerprint density at radius 3 is 2.53 bits per heavy atom. The molecule has 1 saturated heterocycles. The molecule has 0 aliphatic carbocycles. The van der Waals surface area contributed by atoms with Crippen LogP contribution in [0.25, 0.3) is 0 Å². The molecule has 6 rings (SSSR count). The molecule has 8 nitrogen and oxygen atoms in total. The van der Waals surface area contributed by atoms with Crippen molar-refractivity contribution < 1.29 is 19.2 Å². The van der Waals surface area contributed by atoms with E-state index in [1.807, 2.05) is 53.4 Å². The van der Waals surface area contributed by atoms with Gasteiger partial charge in [0.25, 0.3) is 11.4 Å². The van der Waals surface area contributed by atoms with E-state index in [0.717, 1.165) is 5.56 Å². The maximum Gasteiger partial charge on any atom is 0.284 e. The van der Waals surface area contributed by atoms with Crippen molar-refractivity contribution in [2.45, 2.75) is 23.1 Å². The summed E-state index contributed by atoms with van der Waals surface area (Å²) < 4.78 is 11.7. The summed E-state index contributed by atoms with van der Waals surface area (Å²) in [6.45, 7) is 0.0391. The Bertz CT molecular complexity index is 1330. The van der Waals surface area contributed by atoms with Gasteiger partial charge in [-0.05, 0) is 36.9 Å². The molecule has 3 aromatic rings. The highest BCUT2D eigenvalue weighted by Gasteiger charge is 2.78. The fourth-order valence-corrected chi connectivity index (χ4v) is 6.29. The first kappa shape index (κ1) is 20.7. The Morgan fingerprint density at radius 2 is 1.79 bits per heavy atom. The van der Waals surface area contributed by atoms with E-state index in [1.165, 1.54) is 0 Å². The van der Waals surface area contributed by atoms with Gasteiger partial charge in [-0.2, -0.15) is 0 Å². The molecular formula is C26H23N3O5. The summed E-state index contributed by atoms with van der Waals surface area (Å²) in [4.78, 5) is 28.5. The average molecular weight is 457 g/mol. The molecule has 3 aromatic carbocycles. The van der Waals surface area contributed by atoms with Crippen LogP contribution in [0.15, 0.2) is 72.8 Å². The average Bonchev–Trinajstić information content (AvgIpc) is 3.31. The topological polar surface area (TPSA) is 93.9 Å². The second-order valence-electron chi connectivity index (χ2n) is 9.11. The second kappa shape index (κ2) is 7.04. The SMILES string of the molecule is COc1ccc([C@H]2Oc3ccccc3[C@H]3[C@]2([N+](=O)[O-])CN(C)[C@@]32C(=O)Nc3ccccc32)cc1. The van der Waals surface area contributed by atoms with Crippen LogP contribution in [0.3, 0.4) is 0 Å². The van der Waals surface area contributed by atoms with Crippen LogP contribution >= 0.6 is 0 Å². The Balaban J connectivity index is 1.66. The molecule has 172 valence electrons. The van der Waals surface area contributed by atoms with E-state index in [0.29, 0.717) is 28.3 Å². The number of amides is 1. The highest BCUT2D eigenvalue weighted by molar-refractivity contribution is 6.07. The minimum atomic E-state index is -1.60. The largest absolute Gasteiger partial charge is 0.497 e. The van der Waals surface area contributed by atoms with E-state index < -0.39 is 23.1 Å². The van der Waals surface area contributed by atoms with Crippen molar-refractivity contribution in [2.24, 2.45) is 0 Å². The number of carbonyl (C=O) groups excluding carboxylic acids is 1. The van der Waals surface area contributed by atoms with Crippen LogP contribution in [-0.2, 0) is 10.3 Å². The van der Waals surface area contributed by atoms with Crippen molar-refractivity contribution in [3.05, 3.63) is 99.6 Å². The molecule has 0 aromatic heterocycles. The van der Waals surface area contributed by atoms with Crippen LogP contribution in [0, 0.1) is 10.1 Å². The number of fused-ring (bicyclic) bond motifs is 6. The summed E-state index contributed by atoms with van der Waals surface area (Å²) in [5.41, 5.74) is -0.0833. The molecule has 0 bridgehead atoms. The maximum atomic E-state index is 13.8. The van der Waals surface area contributed by atoms with Crippen molar-refractivity contribution in [1.82, 2.24) is 4.90 Å². The number of nitrogens with zero attached hydrogens (tertiary/aromatic N) is 2. The standard InChI is InChI=1S/C26H23N3O5/c1-28-15-25(29(31)32)22(26(28)19-8-4-5-9-20(19)27-24(26)30)18-7-3-6-10-21(18)34-23(25)16-11-13-17(33-2)14-12-16/h3-14,22-23H,15H2,1-2H3,(H,27,30)/t22-,23+,25+,26+/m0/s1. The number of methoxy groups -OCH3 is 1. The molecule has 3 aliphatic rings. The second-order valence-corrected chi connectivity index (χ2v) is 9.11. The number of hydrogen-bond donors (Lipinski definition) is 1. The molecule has 3 aliphatic heterocycles. The van der Waals surface area contributed by atoms with Gasteiger partial charge in [-0.15, -0.1) is 0 Å². The minimum absolute atomic E-state index is 0.0391. The zero-order valence-electron chi connectivity index (χ0n) is 18.7. The summed E-state index contributed by atoms with van der Waals surface area (Å²) >= 11 is 0. The van der Waals surface area contributed by atoms with Gasteiger partial charge < -0.3 is 14.8 Å². The van der Waals surface area contributed by atoms with Crippen LogP contribution in [-0.4, -0.2) is 42.0 Å². The summed E-state index contributed by atoms with van der Waals surface area (Å²) in [5, 5.41) is 16.1. The predicted molar refractivity (Wildman–Crippen MR) is 125 cm³/mol. The number of benzene rings is 3. The number of likely N-dealkylation sites (N-methyl/N-ethyl adjacent to an activating group) is 1. The number of ether oxygens (including phenoxy) is 2. The third-order valence-corrected chi connectivity index (χ3v) is 7.63. The smallest absolute Gasteiger partial charge is 0.284 e. The molecule has 0 unspecified atom stereocenters. The van der Waals surface area contributed by atoms with E-state index in [4.69, 9.17) is 9.47 Å². The molecule has 34 heavy (non-hydrogen) atoms. The molecule has 3 heterocycles. The predicted octanol–water partition coefficient (Wildman–Crippen LogP) is 3.72. The van der Waals surface area contributed by atoms with E-state index in [9.17, 15) is 14.9 Å². The minimum Gasteiger partial charge on any atom is -0.497 e. The summed E-state index contributed by atoms with van der Waals surface area (Å²) in [6, 6.07) is 21.9. The van der Waals surface area contributed by atoms with Crippen LogP contribution in [0.5, 0.6) is 11.5 Å². The number of para-hydroxylation sites is 2. The monoisotopic (exact) mass is 457 g/mol. The van der Waals surface area contributed by atoms with Gasteiger partial charge in [-0.3, -0.25) is 19.8 Å². The van der Waals surface area contributed by atoms with E-state index in [-0.39, 0.29) is 17.4 Å². The molecule has 8 heteroatoms. The molecule has 0 saturated carbocycles. The van der Waals surface area contributed by atoms with Crippen molar-refractivity contribution in [2.75, 3.05) is 26.0 Å². The Hall–Kier alpha value is -3.91. The van der Waals surface area contributed by atoms with Crippen LogP contribution in [0.1, 0.15) is 28.7 Å². The van der Waals surface area contributed by atoms with Gasteiger partial charge >= 0.3 is 0 Å². The van der Waals surface area contributed by atoms with Gasteiger partial charge in [0.15, 0.2) is 6.10 Å². The summed E-state index contributed by atoms with van der Waals surface area (Å²) in [5.74, 6) is 0.171. The first-order valence-electron chi connectivity index (χ1n) is 11.1. The zero-order valence-corrected chi connectivity index (χ0v) is 18.7. The normalized spacial score (nSPS) is 29.1. The van der Waals surface area contributed by atoms with Crippen molar-refractivity contribution in [1.29, 1.82) is 0 Å². The summed E-state index contributed by atoms with van der Waals surface area (Å²) in [6.07, 6.45) is -0.907. The van der Waals surface area contributed by atoms with Gasteiger partial charge in [0.1, 0.15) is 17.0 Å². The summed E-state index contributed by atoms with van der Waals surface area (Å²) in [7, 11) is 3.36. The lowest BCUT2D eigenvalue weighted by Gasteiger charge is -2.43. The number of nitrogens with one attached hydrogen (secondary N) is 1. The third kappa shape index (κ3) is 2.38. The number of likely N-dealkylation sites (tertiary alicyclic amines) is 1. The number of anilines is 1.